The number of nitrogens with one attached hydrogen (secondary N) is 3. The van der Waals surface area contributed by atoms with Gasteiger partial charge in [0, 0.05) is 11.9 Å². The first-order valence-corrected chi connectivity index (χ1v) is 5.26. The van der Waals surface area contributed by atoms with Crippen molar-refractivity contribution in [3.05, 3.63) is 62.4 Å². The lowest BCUT2D eigenvalue weighted by Gasteiger charge is -2.04. The Bertz CT molecular complexity index is 683. The van der Waals surface area contributed by atoms with Gasteiger partial charge in [-0.3, -0.25) is 14.6 Å². The van der Waals surface area contributed by atoms with E-state index < -0.39 is 17.2 Å². The fourth-order valence-electron chi connectivity index (χ4n) is 1.41. The van der Waals surface area contributed by atoms with E-state index in [1.54, 1.807) is 12.1 Å². The molecule has 6 heteroatoms. The molecule has 1 heterocycles. The van der Waals surface area contributed by atoms with E-state index in [-0.39, 0.29) is 5.56 Å². The number of aromatic nitrogens is 2. The van der Waals surface area contributed by atoms with Crippen molar-refractivity contribution in [3.8, 4) is 0 Å². The summed E-state index contributed by atoms with van der Waals surface area (Å²) in [6, 6.07) is 7.14. The predicted molar refractivity (Wildman–Crippen MR) is 66.8 cm³/mol. The van der Waals surface area contributed by atoms with Crippen molar-refractivity contribution in [3.63, 3.8) is 0 Å². The van der Waals surface area contributed by atoms with Crippen LogP contribution in [0.4, 0.5) is 5.69 Å². The summed E-state index contributed by atoms with van der Waals surface area (Å²) in [6.45, 7) is 1.93. The summed E-state index contributed by atoms with van der Waals surface area (Å²) in [6.07, 6.45) is 1.09. The zero-order valence-corrected chi connectivity index (χ0v) is 9.61. The summed E-state index contributed by atoms with van der Waals surface area (Å²) in [5, 5.41) is 2.56. The van der Waals surface area contributed by atoms with Gasteiger partial charge in [-0.1, -0.05) is 17.7 Å². The number of aryl methyl sites for hydroxylation is 1. The third-order valence-corrected chi connectivity index (χ3v) is 2.37. The van der Waals surface area contributed by atoms with Gasteiger partial charge >= 0.3 is 5.69 Å². The maximum atomic E-state index is 11.8. The van der Waals surface area contributed by atoms with Crippen LogP contribution in [0.5, 0.6) is 0 Å². The number of rotatable bonds is 2. The molecule has 0 saturated heterocycles. The molecule has 3 N–H and O–H groups in total. The van der Waals surface area contributed by atoms with Crippen LogP contribution in [0, 0.1) is 6.92 Å². The maximum Gasteiger partial charge on any atom is 0.325 e. The summed E-state index contributed by atoms with van der Waals surface area (Å²) in [7, 11) is 0. The molecule has 2 aromatic rings. The first-order chi connectivity index (χ1) is 8.56. The molecule has 0 aliphatic heterocycles. The molecule has 0 atom stereocenters. The monoisotopic (exact) mass is 245 g/mol. The number of amides is 1. The first-order valence-electron chi connectivity index (χ1n) is 5.26. The standard InChI is InChI=1S/C12H11N3O3/c1-7-2-4-8(5-3-7)14-10(16)9-6-13-12(18)15-11(9)17/h2-6H,1H3,(H,14,16)(H2,13,15,17,18). The van der Waals surface area contributed by atoms with Gasteiger partial charge in [0.15, 0.2) is 0 Å². The molecule has 0 aliphatic carbocycles. The van der Waals surface area contributed by atoms with E-state index in [0.717, 1.165) is 11.8 Å². The molecule has 0 saturated carbocycles. The highest BCUT2D eigenvalue weighted by atomic mass is 16.2. The van der Waals surface area contributed by atoms with Crippen molar-refractivity contribution in [2.75, 3.05) is 5.32 Å². The molecular formula is C12H11N3O3. The van der Waals surface area contributed by atoms with Crippen molar-refractivity contribution in [2.24, 2.45) is 0 Å². The van der Waals surface area contributed by atoms with Gasteiger partial charge in [-0.05, 0) is 19.1 Å². The molecule has 1 aromatic carbocycles. The molecule has 92 valence electrons. The Morgan fingerprint density at radius 3 is 2.44 bits per heavy atom. The Labute approximate surface area is 102 Å². The van der Waals surface area contributed by atoms with E-state index in [2.05, 4.69) is 10.3 Å². The quantitative estimate of drug-likeness (QED) is 0.724. The van der Waals surface area contributed by atoms with Crippen LogP contribution in [0.15, 0.2) is 40.1 Å². The summed E-state index contributed by atoms with van der Waals surface area (Å²) < 4.78 is 0. The van der Waals surface area contributed by atoms with Crippen molar-refractivity contribution in [1.82, 2.24) is 9.97 Å². The molecule has 6 nitrogen and oxygen atoms in total. The third-order valence-electron chi connectivity index (χ3n) is 2.37. The first kappa shape index (κ1) is 11.8. The molecule has 0 spiro atoms. The van der Waals surface area contributed by atoms with Crippen LogP contribution in [-0.2, 0) is 0 Å². The molecule has 2 rings (SSSR count). The second-order valence-corrected chi connectivity index (χ2v) is 3.81. The molecule has 0 bridgehead atoms. The van der Waals surface area contributed by atoms with Crippen LogP contribution >= 0.6 is 0 Å². The second kappa shape index (κ2) is 4.70. The van der Waals surface area contributed by atoms with Crippen LogP contribution in [0.2, 0.25) is 0 Å². The van der Waals surface area contributed by atoms with Gasteiger partial charge in [0.2, 0.25) is 0 Å². The lowest BCUT2D eigenvalue weighted by Crippen LogP contribution is -2.29. The number of carbonyl (C=O) groups is 1. The maximum absolute atomic E-state index is 11.8. The van der Waals surface area contributed by atoms with E-state index in [1.165, 1.54) is 0 Å². The largest absolute Gasteiger partial charge is 0.325 e. The molecular weight excluding hydrogens is 234 g/mol. The molecule has 1 amide bonds. The highest BCUT2D eigenvalue weighted by Crippen LogP contribution is 2.09. The molecule has 18 heavy (non-hydrogen) atoms. The average Bonchev–Trinajstić information content (AvgIpc) is 2.32. The van der Waals surface area contributed by atoms with E-state index in [1.807, 2.05) is 24.0 Å². The highest BCUT2D eigenvalue weighted by molar-refractivity contribution is 6.03. The summed E-state index contributed by atoms with van der Waals surface area (Å²) >= 11 is 0. The van der Waals surface area contributed by atoms with Gasteiger partial charge < -0.3 is 10.3 Å². The normalized spacial score (nSPS) is 10.1. The molecule has 0 fully saturated rings. The van der Waals surface area contributed by atoms with Gasteiger partial charge in [-0.2, -0.15) is 0 Å². The van der Waals surface area contributed by atoms with Crippen LogP contribution < -0.4 is 16.6 Å². The number of hydrogen-bond acceptors (Lipinski definition) is 3. The summed E-state index contributed by atoms with van der Waals surface area (Å²) in [5.74, 6) is -0.573. The number of benzene rings is 1. The molecule has 1 aromatic heterocycles. The van der Waals surface area contributed by atoms with Gasteiger partial charge in [0.25, 0.3) is 11.5 Å². The van der Waals surface area contributed by atoms with E-state index in [9.17, 15) is 14.4 Å². The Balaban J connectivity index is 2.24. The smallest absolute Gasteiger partial charge is 0.322 e. The van der Waals surface area contributed by atoms with Crippen molar-refractivity contribution < 1.29 is 4.79 Å². The predicted octanol–water partition coefficient (Wildman–Crippen LogP) is 0.624. The Hall–Kier alpha value is -2.63. The fourth-order valence-corrected chi connectivity index (χ4v) is 1.41. The topological polar surface area (TPSA) is 94.8 Å². The minimum atomic E-state index is -0.719. The van der Waals surface area contributed by atoms with Gasteiger partial charge in [0.05, 0.1) is 0 Å². The fraction of sp³-hybridized carbons (Fsp3) is 0.0833. The summed E-state index contributed by atoms with van der Waals surface area (Å²) in [5.41, 5.74) is 0.136. The van der Waals surface area contributed by atoms with Gasteiger partial charge in [0.1, 0.15) is 5.56 Å². The minimum Gasteiger partial charge on any atom is -0.322 e. The highest BCUT2D eigenvalue weighted by Gasteiger charge is 2.10. The molecule has 0 radical (unpaired) electrons. The Morgan fingerprint density at radius 2 is 1.83 bits per heavy atom. The third kappa shape index (κ3) is 2.54. The van der Waals surface area contributed by atoms with Crippen molar-refractivity contribution >= 4 is 11.6 Å². The lowest BCUT2D eigenvalue weighted by atomic mass is 10.2. The van der Waals surface area contributed by atoms with Crippen LogP contribution in [0.25, 0.3) is 0 Å². The average molecular weight is 245 g/mol. The molecule has 0 unspecified atom stereocenters. The number of hydrogen-bond donors (Lipinski definition) is 3. The van der Waals surface area contributed by atoms with E-state index in [0.29, 0.717) is 5.69 Å². The molecule has 0 aliphatic rings. The van der Waals surface area contributed by atoms with Gasteiger partial charge in [-0.15, -0.1) is 0 Å². The van der Waals surface area contributed by atoms with E-state index >= 15 is 0 Å². The van der Waals surface area contributed by atoms with Crippen LogP contribution in [0.1, 0.15) is 15.9 Å². The minimum absolute atomic E-state index is 0.143. The van der Waals surface area contributed by atoms with Crippen molar-refractivity contribution in [2.45, 2.75) is 6.92 Å². The Morgan fingerprint density at radius 1 is 1.17 bits per heavy atom. The number of anilines is 1. The van der Waals surface area contributed by atoms with Crippen molar-refractivity contribution in [1.29, 1.82) is 0 Å². The van der Waals surface area contributed by atoms with E-state index in [4.69, 9.17) is 0 Å². The van der Waals surface area contributed by atoms with Crippen LogP contribution in [-0.4, -0.2) is 15.9 Å². The zero-order valence-electron chi connectivity index (χ0n) is 9.61. The van der Waals surface area contributed by atoms with Gasteiger partial charge in [-0.25, -0.2) is 4.79 Å². The second-order valence-electron chi connectivity index (χ2n) is 3.81. The zero-order chi connectivity index (χ0) is 13.1. The summed E-state index contributed by atoms with van der Waals surface area (Å²) in [4.78, 5) is 38.2. The Kier molecular flexibility index (Phi) is 3.09. The number of H-pyrrole nitrogens is 2. The number of carbonyl (C=O) groups excluding carboxylic acids is 1. The number of aromatic amines is 2. The lowest BCUT2D eigenvalue weighted by molar-refractivity contribution is 0.102. The van der Waals surface area contributed by atoms with Crippen LogP contribution in [0.3, 0.4) is 0 Å². The SMILES string of the molecule is Cc1ccc(NC(=O)c2c[nH]c(=O)[nH]c2=O)cc1.